The van der Waals surface area contributed by atoms with Gasteiger partial charge in [0.05, 0.1) is 26.2 Å². The Bertz CT molecular complexity index is 1470. The third kappa shape index (κ3) is 8.73. The molecule has 0 aromatic heterocycles. The number of hydrogen-bond donors (Lipinski definition) is 1. The van der Waals surface area contributed by atoms with Crippen LogP contribution in [0.4, 0.5) is 5.69 Å². The summed E-state index contributed by atoms with van der Waals surface area (Å²) in [5.41, 5.74) is 1.88. The third-order valence-electron chi connectivity index (χ3n) is 7.74. The Labute approximate surface area is 254 Å². The molecular weight excluding hydrogens is 566 g/mol. The Hall–Kier alpha value is -4.05. The zero-order valence-electron chi connectivity index (χ0n) is 25.1. The van der Waals surface area contributed by atoms with Crippen molar-refractivity contribution in [3.05, 3.63) is 90.0 Å². The minimum Gasteiger partial charge on any atom is -0.497 e. The molecular formula is C33H41N3O6S. The first-order chi connectivity index (χ1) is 20.7. The van der Waals surface area contributed by atoms with Crippen LogP contribution in [-0.4, -0.2) is 64.2 Å². The molecule has 0 aliphatic heterocycles. The predicted molar refractivity (Wildman–Crippen MR) is 168 cm³/mol. The number of amides is 2. The van der Waals surface area contributed by atoms with Crippen LogP contribution >= 0.6 is 0 Å². The van der Waals surface area contributed by atoms with Gasteiger partial charge in [-0.15, -0.1) is 0 Å². The van der Waals surface area contributed by atoms with E-state index in [0.29, 0.717) is 11.5 Å². The second-order valence-electron chi connectivity index (χ2n) is 10.9. The van der Waals surface area contributed by atoms with Crippen LogP contribution in [0.25, 0.3) is 0 Å². The molecule has 9 nitrogen and oxygen atoms in total. The van der Waals surface area contributed by atoms with E-state index in [9.17, 15) is 18.0 Å². The van der Waals surface area contributed by atoms with Gasteiger partial charge in [0.2, 0.25) is 21.8 Å². The van der Waals surface area contributed by atoms with Gasteiger partial charge in [0.25, 0.3) is 0 Å². The first-order valence-electron chi connectivity index (χ1n) is 14.6. The fourth-order valence-corrected chi connectivity index (χ4v) is 6.35. The van der Waals surface area contributed by atoms with Gasteiger partial charge in [-0.3, -0.25) is 13.9 Å². The Morgan fingerprint density at radius 2 is 1.56 bits per heavy atom. The SMILES string of the molecule is COc1cccc(CN(C(=O)CN(c2ccccc2OC)S(C)(=O)=O)[C@H](Cc2ccccc2)C(=O)NC2CCCCC2)c1. The van der Waals surface area contributed by atoms with Crippen LogP contribution in [0.3, 0.4) is 0 Å². The number of ether oxygens (including phenoxy) is 2. The summed E-state index contributed by atoms with van der Waals surface area (Å²) in [5.74, 6) is 0.160. The van der Waals surface area contributed by atoms with Crippen molar-refractivity contribution < 1.29 is 27.5 Å². The molecule has 3 aromatic carbocycles. The normalized spacial score (nSPS) is 14.4. The third-order valence-corrected chi connectivity index (χ3v) is 8.87. The minimum absolute atomic E-state index is 0.0365. The maximum absolute atomic E-state index is 14.3. The number of benzene rings is 3. The summed E-state index contributed by atoms with van der Waals surface area (Å²) in [7, 11) is -0.894. The Balaban J connectivity index is 1.75. The van der Waals surface area contributed by atoms with Crippen LogP contribution in [0, 0.1) is 0 Å². The molecule has 10 heteroatoms. The highest BCUT2D eigenvalue weighted by Gasteiger charge is 2.34. The van der Waals surface area contributed by atoms with Crippen LogP contribution < -0.4 is 19.1 Å². The molecule has 1 saturated carbocycles. The molecule has 1 aliphatic rings. The lowest BCUT2D eigenvalue weighted by molar-refractivity contribution is -0.140. The van der Waals surface area contributed by atoms with Gasteiger partial charge >= 0.3 is 0 Å². The van der Waals surface area contributed by atoms with E-state index >= 15 is 0 Å². The van der Waals surface area contributed by atoms with Crippen molar-refractivity contribution in [2.45, 2.75) is 57.2 Å². The Kier molecular flexibility index (Phi) is 11.1. The second kappa shape index (κ2) is 14.9. The number of methoxy groups -OCH3 is 2. The molecule has 2 amide bonds. The summed E-state index contributed by atoms with van der Waals surface area (Å²) in [5, 5.41) is 3.21. The van der Waals surface area contributed by atoms with Gasteiger partial charge in [0, 0.05) is 19.0 Å². The maximum atomic E-state index is 14.3. The molecule has 1 atom stereocenters. The number of hydrogen-bond acceptors (Lipinski definition) is 6. The van der Waals surface area contributed by atoms with Gasteiger partial charge in [-0.2, -0.15) is 0 Å². The van der Waals surface area contributed by atoms with Gasteiger partial charge in [0.15, 0.2) is 0 Å². The number of anilines is 1. The molecule has 43 heavy (non-hydrogen) atoms. The number of para-hydroxylation sites is 2. The first-order valence-corrected chi connectivity index (χ1v) is 16.4. The van der Waals surface area contributed by atoms with Crippen LogP contribution in [-0.2, 0) is 32.6 Å². The minimum atomic E-state index is -3.90. The highest BCUT2D eigenvalue weighted by atomic mass is 32.2. The Morgan fingerprint density at radius 1 is 0.884 bits per heavy atom. The van der Waals surface area contributed by atoms with Crippen molar-refractivity contribution in [2.24, 2.45) is 0 Å². The zero-order valence-corrected chi connectivity index (χ0v) is 25.9. The molecule has 0 unspecified atom stereocenters. The fraction of sp³-hybridized carbons (Fsp3) is 0.394. The van der Waals surface area contributed by atoms with E-state index in [-0.39, 0.29) is 30.6 Å². The summed E-state index contributed by atoms with van der Waals surface area (Å²) in [6.45, 7) is -0.430. The molecule has 1 fully saturated rings. The summed E-state index contributed by atoms with van der Waals surface area (Å²) < 4.78 is 38.0. The molecule has 3 aromatic rings. The monoisotopic (exact) mass is 607 g/mol. The van der Waals surface area contributed by atoms with E-state index in [1.165, 1.54) is 12.0 Å². The van der Waals surface area contributed by atoms with Gasteiger partial charge < -0.3 is 19.7 Å². The lowest BCUT2D eigenvalue weighted by Gasteiger charge is -2.35. The van der Waals surface area contributed by atoms with Crippen molar-refractivity contribution in [1.82, 2.24) is 10.2 Å². The van der Waals surface area contributed by atoms with Gasteiger partial charge in [-0.1, -0.05) is 73.9 Å². The number of carbonyl (C=O) groups excluding carboxylic acids is 2. The Morgan fingerprint density at radius 3 is 2.23 bits per heavy atom. The van der Waals surface area contributed by atoms with Crippen LogP contribution in [0.2, 0.25) is 0 Å². The second-order valence-corrected chi connectivity index (χ2v) is 12.8. The van der Waals surface area contributed by atoms with Crippen LogP contribution in [0.5, 0.6) is 11.5 Å². The van der Waals surface area contributed by atoms with Crippen molar-refractivity contribution in [3.8, 4) is 11.5 Å². The molecule has 0 heterocycles. The lowest BCUT2D eigenvalue weighted by Crippen LogP contribution is -2.55. The average Bonchev–Trinajstić information content (AvgIpc) is 3.02. The van der Waals surface area contributed by atoms with Crippen molar-refractivity contribution >= 4 is 27.5 Å². The highest BCUT2D eigenvalue weighted by Crippen LogP contribution is 2.30. The standard InChI is InChI=1S/C33H41N3O6S/c1-41-28-18-12-15-26(21-28)23-35(32(37)24-36(43(3,39)40)29-19-10-11-20-31(29)42-2)30(22-25-13-6-4-7-14-25)33(38)34-27-16-8-5-9-17-27/h4,6-7,10-15,18-21,27,30H,5,8-9,16-17,22-24H2,1-3H3,(H,34,38)/t30-/m1/s1. The first kappa shape index (κ1) is 31.9. The van der Waals surface area contributed by atoms with Crippen LogP contribution in [0.15, 0.2) is 78.9 Å². The molecule has 4 rings (SSSR count). The average molecular weight is 608 g/mol. The summed E-state index contributed by atoms with van der Waals surface area (Å²) in [6.07, 6.45) is 6.34. The fourth-order valence-electron chi connectivity index (χ4n) is 5.50. The molecule has 1 aliphatic carbocycles. The zero-order chi connectivity index (χ0) is 30.8. The van der Waals surface area contributed by atoms with E-state index in [4.69, 9.17) is 9.47 Å². The van der Waals surface area contributed by atoms with Crippen LogP contribution in [0.1, 0.15) is 43.2 Å². The molecule has 0 radical (unpaired) electrons. The predicted octanol–water partition coefficient (Wildman–Crippen LogP) is 4.56. The topological polar surface area (TPSA) is 105 Å². The molecule has 0 spiro atoms. The van der Waals surface area contributed by atoms with E-state index in [1.807, 2.05) is 48.5 Å². The van der Waals surface area contributed by atoms with E-state index in [0.717, 1.165) is 53.8 Å². The van der Waals surface area contributed by atoms with Gasteiger partial charge in [-0.25, -0.2) is 8.42 Å². The molecule has 1 N–H and O–H groups in total. The number of nitrogens with zero attached hydrogens (tertiary/aromatic N) is 2. The smallest absolute Gasteiger partial charge is 0.244 e. The quantitative estimate of drug-likeness (QED) is 0.306. The summed E-state index contributed by atoms with van der Waals surface area (Å²) in [6, 6.07) is 22.6. The van der Waals surface area contributed by atoms with Crippen molar-refractivity contribution in [2.75, 3.05) is 31.3 Å². The maximum Gasteiger partial charge on any atom is 0.244 e. The number of sulfonamides is 1. The number of rotatable bonds is 13. The number of carbonyl (C=O) groups is 2. The molecule has 0 bridgehead atoms. The van der Waals surface area contributed by atoms with Crippen molar-refractivity contribution in [1.29, 1.82) is 0 Å². The number of nitrogens with one attached hydrogen (secondary N) is 1. The van der Waals surface area contributed by atoms with Crippen molar-refractivity contribution in [3.63, 3.8) is 0 Å². The largest absolute Gasteiger partial charge is 0.497 e. The lowest BCUT2D eigenvalue weighted by atomic mass is 9.94. The summed E-state index contributed by atoms with van der Waals surface area (Å²) in [4.78, 5) is 29.9. The van der Waals surface area contributed by atoms with Gasteiger partial charge in [-0.05, 0) is 48.2 Å². The summed E-state index contributed by atoms with van der Waals surface area (Å²) >= 11 is 0. The van der Waals surface area contributed by atoms with E-state index < -0.39 is 28.5 Å². The molecule has 0 saturated heterocycles. The van der Waals surface area contributed by atoms with Gasteiger partial charge in [0.1, 0.15) is 24.1 Å². The van der Waals surface area contributed by atoms with E-state index in [2.05, 4.69) is 5.32 Å². The highest BCUT2D eigenvalue weighted by molar-refractivity contribution is 7.92. The van der Waals surface area contributed by atoms with E-state index in [1.54, 1.807) is 37.4 Å². The molecule has 230 valence electrons.